The fourth-order valence-corrected chi connectivity index (χ4v) is 0.605. The van der Waals surface area contributed by atoms with Crippen molar-refractivity contribution in [2.75, 3.05) is 0 Å². The van der Waals surface area contributed by atoms with Gasteiger partial charge in [0.05, 0.1) is 6.42 Å². The van der Waals surface area contributed by atoms with Crippen molar-refractivity contribution in [3.63, 3.8) is 0 Å². The van der Waals surface area contributed by atoms with Crippen molar-refractivity contribution < 1.29 is 19.5 Å². The SMILES string of the molecule is CC(NC(=O)CCC(=O)O)C(N)=O. The molecule has 13 heavy (non-hydrogen) atoms. The molecular formula is C7H12N2O4. The van der Waals surface area contributed by atoms with E-state index in [0.29, 0.717) is 0 Å². The van der Waals surface area contributed by atoms with Crippen LogP contribution < -0.4 is 11.1 Å². The van der Waals surface area contributed by atoms with Crippen LogP contribution in [0.5, 0.6) is 0 Å². The van der Waals surface area contributed by atoms with Crippen LogP contribution in [0.15, 0.2) is 0 Å². The first kappa shape index (κ1) is 11.4. The molecule has 0 aromatic carbocycles. The summed E-state index contributed by atoms with van der Waals surface area (Å²) < 4.78 is 0. The lowest BCUT2D eigenvalue weighted by molar-refractivity contribution is -0.139. The van der Waals surface area contributed by atoms with Crippen LogP contribution in [0.2, 0.25) is 0 Å². The topological polar surface area (TPSA) is 109 Å². The van der Waals surface area contributed by atoms with E-state index in [4.69, 9.17) is 10.8 Å². The number of hydrogen-bond donors (Lipinski definition) is 3. The van der Waals surface area contributed by atoms with Crippen LogP contribution in [0, 0.1) is 0 Å². The monoisotopic (exact) mass is 188 g/mol. The summed E-state index contributed by atoms with van der Waals surface area (Å²) in [4.78, 5) is 31.4. The van der Waals surface area contributed by atoms with E-state index in [1.165, 1.54) is 6.92 Å². The molecule has 0 bridgehead atoms. The van der Waals surface area contributed by atoms with E-state index in [-0.39, 0.29) is 12.8 Å². The Morgan fingerprint density at radius 1 is 1.38 bits per heavy atom. The zero-order valence-electron chi connectivity index (χ0n) is 7.24. The highest BCUT2D eigenvalue weighted by molar-refractivity contribution is 5.87. The van der Waals surface area contributed by atoms with Gasteiger partial charge in [0, 0.05) is 6.42 Å². The maximum atomic E-state index is 10.9. The molecule has 1 unspecified atom stereocenters. The number of amides is 2. The largest absolute Gasteiger partial charge is 0.481 e. The first-order valence-electron chi connectivity index (χ1n) is 3.74. The number of carboxylic acids is 1. The molecule has 0 saturated heterocycles. The van der Waals surface area contributed by atoms with E-state index < -0.39 is 23.8 Å². The highest BCUT2D eigenvalue weighted by Gasteiger charge is 2.12. The molecule has 0 aliphatic heterocycles. The van der Waals surface area contributed by atoms with Gasteiger partial charge in [0.15, 0.2) is 0 Å². The summed E-state index contributed by atoms with van der Waals surface area (Å²) in [5.74, 6) is -2.20. The molecule has 6 heteroatoms. The number of nitrogens with two attached hydrogens (primary N) is 1. The minimum Gasteiger partial charge on any atom is -0.481 e. The van der Waals surface area contributed by atoms with Gasteiger partial charge in [-0.1, -0.05) is 0 Å². The van der Waals surface area contributed by atoms with Crippen LogP contribution in [0.1, 0.15) is 19.8 Å². The molecule has 0 aromatic rings. The van der Waals surface area contributed by atoms with Gasteiger partial charge >= 0.3 is 5.97 Å². The molecule has 0 spiro atoms. The van der Waals surface area contributed by atoms with Gasteiger partial charge in [-0.2, -0.15) is 0 Å². The van der Waals surface area contributed by atoms with Crippen LogP contribution in [0.3, 0.4) is 0 Å². The standard InChI is InChI=1S/C7H12N2O4/c1-4(7(8)13)9-5(10)2-3-6(11)12/h4H,2-3H2,1H3,(H2,8,13)(H,9,10)(H,11,12). The summed E-state index contributed by atoms with van der Waals surface area (Å²) in [5.41, 5.74) is 4.87. The Hall–Kier alpha value is -1.59. The second-order valence-electron chi connectivity index (χ2n) is 2.59. The summed E-state index contributed by atoms with van der Waals surface area (Å²) in [7, 11) is 0. The Morgan fingerprint density at radius 2 is 1.92 bits per heavy atom. The second kappa shape index (κ2) is 5.13. The third-order valence-corrected chi connectivity index (χ3v) is 1.37. The second-order valence-corrected chi connectivity index (χ2v) is 2.59. The van der Waals surface area contributed by atoms with Crippen molar-refractivity contribution >= 4 is 17.8 Å². The molecule has 0 saturated carbocycles. The van der Waals surface area contributed by atoms with Crippen molar-refractivity contribution in [3.8, 4) is 0 Å². The molecule has 0 rings (SSSR count). The third kappa shape index (κ3) is 5.66. The number of rotatable bonds is 5. The minimum absolute atomic E-state index is 0.146. The zero-order valence-corrected chi connectivity index (χ0v) is 7.24. The van der Waals surface area contributed by atoms with Crippen LogP contribution in [0.4, 0.5) is 0 Å². The summed E-state index contributed by atoms with van der Waals surface area (Å²) in [6.07, 6.45) is -0.399. The zero-order chi connectivity index (χ0) is 10.4. The van der Waals surface area contributed by atoms with Crippen LogP contribution in [-0.4, -0.2) is 28.9 Å². The van der Waals surface area contributed by atoms with Gasteiger partial charge in [-0.25, -0.2) is 0 Å². The van der Waals surface area contributed by atoms with Gasteiger partial charge in [-0.15, -0.1) is 0 Å². The van der Waals surface area contributed by atoms with Crippen LogP contribution in [0.25, 0.3) is 0 Å². The number of carbonyl (C=O) groups excluding carboxylic acids is 2. The van der Waals surface area contributed by atoms with E-state index in [1.807, 2.05) is 0 Å². The number of hydrogen-bond acceptors (Lipinski definition) is 3. The lowest BCUT2D eigenvalue weighted by Gasteiger charge is -2.08. The van der Waals surface area contributed by atoms with Gasteiger partial charge in [0.2, 0.25) is 11.8 Å². The predicted octanol–water partition coefficient (Wildman–Crippen LogP) is -1.16. The minimum atomic E-state index is -1.05. The first-order chi connectivity index (χ1) is 5.93. The summed E-state index contributed by atoms with van der Waals surface area (Å²) >= 11 is 0. The summed E-state index contributed by atoms with van der Waals surface area (Å²) in [6.45, 7) is 1.43. The average molecular weight is 188 g/mol. The number of aliphatic carboxylic acids is 1. The molecule has 0 aliphatic carbocycles. The highest BCUT2D eigenvalue weighted by atomic mass is 16.4. The maximum absolute atomic E-state index is 10.9. The molecule has 0 fully saturated rings. The third-order valence-electron chi connectivity index (χ3n) is 1.37. The van der Waals surface area contributed by atoms with Crippen molar-refractivity contribution in [1.82, 2.24) is 5.32 Å². The Labute approximate surface area is 75.1 Å². The summed E-state index contributed by atoms with van der Waals surface area (Å²) in [5, 5.41) is 10.5. The molecule has 0 radical (unpaired) electrons. The van der Waals surface area contributed by atoms with E-state index in [9.17, 15) is 14.4 Å². The lowest BCUT2D eigenvalue weighted by atomic mass is 10.2. The Morgan fingerprint density at radius 3 is 2.31 bits per heavy atom. The fraction of sp³-hybridized carbons (Fsp3) is 0.571. The van der Waals surface area contributed by atoms with Crippen LogP contribution >= 0.6 is 0 Å². The maximum Gasteiger partial charge on any atom is 0.303 e. The Balaban J connectivity index is 3.74. The quantitative estimate of drug-likeness (QED) is 0.505. The van der Waals surface area contributed by atoms with Crippen LogP contribution in [-0.2, 0) is 14.4 Å². The molecule has 0 heterocycles. The fourth-order valence-electron chi connectivity index (χ4n) is 0.605. The average Bonchev–Trinajstić information content (AvgIpc) is 2.00. The Kier molecular flexibility index (Phi) is 4.50. The normalized spacial score (nSPS) is 11.8. The van der Waals surface area contributed by atoms with Gasteiger partial charge in [-0.3, -0.25) is 14.4 Å². The first-order valence-corrected chi connectivity index (χ1v) is 3.74. The van der Waals surface area contributed by atoms with Crippen molar-refractivity contribution in [1.29, 1.82) is 0 Å². The van der Waals surface area contributed by atoms with Crippen molar-refractivity contribution in [2.24, 2.45) is 5.73 Å². The Bertz CT molecular complexity index is 227. The van der Waals surface area contributed by atoms with Gasteiger partial charge in [-0.05, 0) is 6.92 Å². The number of nitrogens with one attached hydrogen (secondary N) is 1. The van der Waals surface area contributed by atoms with Gasteiger partial charge < -0.3 is 16.2 Å². The number of carboxylic acid groups (broad SMARTS) is 1. The molecule has 4 N–H and O–H groups in total. The molecule has 2 amide bonds. The molecule has 1 atom stereocenters. The van der Waals surface area contributed by atoms with E-state index in [0.717, 1.165) is 0 Å². The molecule has 0 aliphatic rings. The number of primary amides is 1. The van der Waals surface area contributed by atoms with E-state index in [2.05, 4.69) is 5.32 Å². The van der Waals surface area contributed by atoms with E-state index in [1.54, 1.807) is 0 Å². The smallest absolute Gasteiger partial charge is 0.303 e. The number of carbonyl (C=O) groups is 3. The van der Waals surface area contributed by atoms with Crippen molar-refractivity contribution in [3.05, 3.63) is 0 Å². The predicted molar refractivity (Wildman–Crippen MR) is 43.7 cm³/mol. The van der Waals surface area contributed by atoms with E-state index >= 15 is 0 Å². The lowest BCUT2D eigenvalue weighted by Crippen LogP contribution is -2.42. The molecular weight excluding hydrogens is 176 g/mol. The summed E-state index contributed by atoms with van der Waals surface area (Å²) in [6, 6.07) is -0.763. The van der Waals surface area contributed by atoms with Gasteiger partial charge in [0.25, 0.3) is 0 Å². The van der Waals surface area contributed by atoms with Crippen molar-refractivity contribution in [2.45, 2.75) is 25.8 Å². The highest BCUT2D eigenvalue weighted by Crippen LogP contribution is 1.90. The molecule has 6 nitrogen and oxygen atoms in total. The molecule has 0 aromatic heterocycles. The molecule has 74 valence electrons. The van der Waals surface area contributed by atoms with Gasteiger partial charge in [0.1, 0.15) is 6.04 Å².